The van der Waals surface area contributed by atoms with Gasteiger partial charge in [-0.1, -0.05) is 43.3 Å². The Balaban J connectivity index is 1.84. The first-order chi connectivity index (χ1) is 15.0. The van der Waals surface area contributed by atoms with Gasteiger partial charge in [0, 0.05) is 11.1 Å². The number of rotatable bonds is 8. The van der Waals surface area contributed by atoms with Gasteiger partial charge in [-0.2, -0.15) is 10.4 Å². The molecule has 1 aromatic heterocycles. The summed E-state index contributed by atoms with van der Waals surface area (Å²) in [6, 6.07) is 15.2. The van der Waals surface area contributed by atoms with Crippen LogP contribution in [0.1, 0.15) is 37.0 Å². The summed E-state index contributed by atoms with van der Waals surface area (Å²) in [5.41, 5.74) is 4.23. The maximum atomic E-state index is 13.7. The first-order valence-corrected chi connectivity index (χ1v) is 9.80. The van der Waals surface area contributed by atoms with Crippen LogP contribution in [0.15, 0.2) is 58.4 Å². The normalized spacial score (nSPS) is 11.9. The largest absolute Gasteiger partial charge is 0.374 e. The van der Waals surface area contributed by atoms with Crippen molar-refractivity contribution in [1.29, 1.82) is 5.26 Å². The van der Waals surface area contributed by atoms with E-state index in [0.717, 1.165) is 6.42 Å². The number of benzene rings is 2. The zero-order valence-corrected chi connectivity index (χ0v) is 17.2. The molecular weight excluding hydrogens is 397 g/mol. The molecule has 8 heteroatoms. The number of nitriles is 1. The Morgan fingerprint density at radius 2 is 2.10 bits per heavy atom. The molecule has 1 unspecified atom stereocenters. The van der Waals surface area contributed by atoms with Crippen LogP contribution < -0.4 is 11.0 Å². The van der Waals surface area contributed by atoms with Crippen molar-refractivity contribution in [3.8, 4) is 17.3 Å². The van der Waals surface area contributed by atoms with E-state index in [4.69, 9.17) is 4.74 Å². The molecule has 0 aliphatic rings. The summed E-state index contributed by atoms with van der Waals surface area (Å²) in [5, 5.41) is 13.4. The average molecular weight is 419 g/mol. The maximum Gasteiger partial charge on any atom is 0.270 e. The average Bonchev–Trinajstić information content (AvgIpc) is 2.78. The minimum atomic E-state index is -0.571. The molecule has 158 valence electrons. The van der Waals surface area contributed by atoms with Crippen molar-refractivity contribution in [2.45, 2.75) is 33.0 Å². The van der Waals surface area contributed by atoms with Crippen molar-refractivity contribution >= 4 is 12.2 Å². The second-order valence-corrected chi connectivity index (χ2v) is 6.86. The molecule has 1 heterocycles. The van der Waals surface area contributed by atoms with Crippen molar-refractivity contribution in [2.24, 2.45) is 5.10 Å². The number of aromatic amines is 1. The molecule has 3 aromatic rings. The Hall–Kier alpha value is -3.83. The fourth-order valence-electron chi connectivity index (χ4n) is 2.77. The smallest absolute Gasteiger partial charge is 0.270 e. The molecule has 0 aliphatic carbocycles. The van der Waals surface area contributed by atoms with E-state index in [-0.39, 0.29) is 35.7 Å². The van der Waals surface area contributed by atoms with E-state index in [1.165, 1.54) is 18.3 Å². The van der Waals surface area contributed by atoms with Crippen LogP contribution in [-0.2, 0) is 11.3 Å². The van der Waals surface area contributed by atoms with Gasteiger partial charge in [-0.15, -0.1) is 0 Å². The van der Waals surface area contributed by atoms with Gasteiger partial charge in [-0.3, -0.25) is 9.78 Å². The van der Waals surface area contributed by atoms with Crippen LogP contribution in [0.2, 0.25) is 0 Å². The van der Waals surface area contributed by atoms with Crippen molar-refractivity contribution in [1.82, 2.24) is 9.97 Å². The van der Waals surface area contributed by atoms with Crippen LogP contribution in [0.4, 0.5) is 10.3 Å². The highest BCUT2D eigenvalue weighted by atomic mass is 19.1. The van der Waals surface area contributed by atoms with Crippen LogP contribution in [-0.4, -0.2) is 22.3 Å². The van der Waals surface area contributed by atoms with Crippen molar-refractivity contribution in [2.75, 3.05) is 5.43 Å². The van der Waals surface area contributed by atoms with E-state index in [0.29, 0.717) is 16.7 Å². The van der Waals surface area contributed by atoms with Crippen LogP contribution in [0.3, 0.4) is 0 Å². The lowest BCUT2D eigenvalue weighted by Gasteiger charge is -2.12. The predicted molar refractivity (Wildman–Crippen MR) is 117 cm³/mol. The molecule has 0 saturated heterocycles. The first-order valence-electron chi connectivity index (χ1n) is 9.80. The van der Waals surface area contributed by atoms with Gasteiger partial charge in [-0.25, -0.2) is 14.8 Å². The van der Waals surface area contributed by atoms with Crippen LogP contribution in [0, 0.1) is 17.1 Å². The van der Waals surface area contributed by atoms with Crippen molar-refractivity contribution < 1.29 is 9.13 Å². The molecule has 0 spiro atoms. The lowest BCUT2D eigenvalue weighted by Crippen LogP contribution is -2.16. The fourth-order valence-corrected chi connectivity index (χ4v) is 2.77. The van der Waals surface area contributed by atoms with Crippen molar-refractivity contribution in [3.05, 3.63) is 81.4 Å². The van der Waals surface area contributed by atoms with E-state index in [1.54, 1.807) is 30.3 Å². The number of aromatic nitrogens is 2. The number of hydrogen-bond donors (Lipinski definition) is 2. The second-order valence-electron chi connectivity index (χ2n) is 6.86. The molecule has 0 bridgehead atoms. The van der Waals surface area contributed by atoms with Gasteiger partial charge in [0.25, 0.3) is 5.56 Å². The molecular formula is C23H22FN5O2. The fraction of sp³-hybridized carbons (Fsp3) is 0.217. The molecule has 0 fully saturated rings. The number of ether oxygens (including phenoxy) is 1. The highest BCUT2D eigenvalue weighted by molar-refractivity contribution is 5.82. The number of anilines is 1. The summed E-state index contributed by atoms with van der Waals surface area (Å²) >= 11 is 0. The van der Waals surface area contributed by atoms with Crippen LogP contribution in [0.5, 0.6) is 0 Å². The third-order valence-corrected chi connectivity index (χ3v) is 4.66. The molecule has 31 heavy (non-hydrogen) atoms. The Morgan fingerprint density at radius 1 is 1.32 bits per heavy atom. The molecule has 0 amide bonds. The lowest BCUT2D eigenvalue weighted by atomic mass is 10.1. The van der Waals surface area contributed by atoms with Gasteiger partial charge in [0.2, 0.25) is 5.95 Å². The molecule has 7 nitrogen and oxygen atoms in total. The summed E-state index contributed by atoms with van der Waals surface area (Å²) in [6.45, 7) is 4.21. The van der Waals surface area contributed by atoms with E-state index >= 15 is 0 Å². The van der Waals surface area contributed by atoms with Crippen LogP contribution >= 0.6 is 0 Å². The molecule has 0 radical (unpaired) electrons. The Bertz CT molecular complexity index is 1170. The van der Waals surface area contributed by atoms with Gasteiger partial charge >= 0.3 is 0 Å². The molecule has 2 aromatic carbocycles. The summed E-state index contributed by atoms with van der Waals surface area (Å²) < 4.78 is 19.4. The lowest BCUT2D eigenvalue weighted by molar-refractivity contribution is 0.0506. The number of nitrogens with one attached hydrogen (secondary N) is 2. The quantitative estimate of drug-likeness (QED) is 0.421. The van der Waals surface area contributed by atoms with Gasteiger partial charge in [0.1, 0.15) is 17.4 Å². The Kier molecular flexibility index (Phi) is 7.25. The van der Waals surface area contributed by atoms with E-state index in [1.807, 2.05) is 26.0 Å². The zero-order chi connectivity index (χ0) is 22.2. The number of halogens is 1. The zero-order valence-electron chi connectivity index (χ0n) is 17.2. The number of hydrogen-bond acceptors (Lipinski definition) is 6. The number of H-pyrrole nitrogens is 1. The predicted octanol–water partition coefficient (Wildman–Crippen LogP) is 4.21. The summed E-state index contributed by atoms with van der Waals surface area (Å²) in [4.78, 5) is 19.1. The van der Waals surface area contributed by atoms with Gasteiger partial charge in [-0.05, 0) is 31.0 Å². The number of nitrogens with zero attached hydrogens (tertiary/aromatic N) is 3. The third-order valence-electron chi connectivity index (χ3n) is 4.66. The third kappa shape index (κ3) is 5.62. The maximum absolute atomic E-state index is 13.7. The van der Waals surface area contributed by atoms with Gasteiger partial charge in [0.05, 0.1) is 24.6 Å². The molecule has 2 N–H and O–H groups in total. The summed E-state index contributed by atoms with van der Waals surface area (Å²) in [5.74, 6) is -0.280. The van der Waals surface area contributed by atoms with Crippen molar-refractivity contribution in [3.63, 3.8) is 0 Å². The van der Waals surface area contributed by atoms with E-state index in [2.05, 4.69) is 20.5 Å². The molecule has 3 rings (SSSR count). The topological polar surface area (TPSA) is 103 Å². The highest BCUT2D eigenvalue weighted by Gasteiger charge is 2.13. The Morgan fingerprint density at radius 3 is 2.81 bits per heavy atom. The van der Waals surface area contributed by atoms with Gasteiger partial charge < -0.3 is 4.74 Å². The molecule has 1 atom stereocenters. The van der Waals surface area contributed by atoms with Gasteiger partial charge in [0.15, 0.2) is 0 Å². The van der Waals surface area contributed by atoms with Crippen LogP contribution in [0.25, 0.3) is 11.3 Å². The van der Waals surface area contributed by atoms with E-state index in [9.17, 15) is 14.4 Å². The second kappa shape index (κ2) is 10.3. The van der Waals surface area contributed by atoms with E-state index < -0.39 is 5.56 Å². The minimum Gasteiger partial charge on any atom is -0.374 e. The monoisotopic (exact) mass is 419 g/mol. The molecule has 0 saturated carbocycles. The number of hydrazone groups is 1. The molecule has 0 aliphatic heterocycles. The highest BCUT2D eigenvalue weighted by Crippen LogP contribution is 2.19. The standard InChI is InChI=1S/C23H22FN5O2/c1-3-15(2)31-14-18-11-19(24)10-9-17(18)13-26-29-23-27-21(16-7-5-4-6-8-16)20(12-25)22(30)28-23/h4-11,13,15H,3,14H2,1-2H3,(H2,27,28,29,30). The first kappa shape index (κ1) is 21.9. The SMILES string of the molecule is CCC(C)OCc1cc(F)ccc1C=NNc1nc(-c2ccccc2)c(C#N)c(=O)[nH]1. The summed E-state index contributed by atoms with van der Waals surface area (Å²) in [7, 11) is 0. The minimum absolute atomic E-state index is 0.0514. The summed E-state index contributed by atoms with van der Waals surface area (Å²) in [6.07, 6.45) is 2.40. The Labute approximate surface area is 179 Å².